The minimum Gasteiger partial charge on any atom is -0.372 e. The van der Waals surface area contributed by atoms with Crippen LogP contribution in [0.4, 0.5) is 0 Å². The standard InChI is InChI=1S/C27H23BrN4O3S2/c1-15(2)21-12-19-22(13-35-21)37-25-23(19)24(34)31(18-6-4-3-5-7-18)26-29-30-27(32(25)26)36-14-20(33)16-8-10-17(28)11-9-16/h3-11,15,21H,12-14H2,1-2H3/t21-/m0/s1. The van der Waals surface area contributed by atoms with Gasteiger partial charge in [0.2, 0.25) is 5.78 Å². The number of hydrogen-bond donors (Lipinski definition) is 0. The number of aromatic nitrogens is 4. The summed E-state index contributed by atoms with van der Waals surface area (Å²) in [7, 11) is 0. The number of carbonyl (C=O) groups excluding carboxylic acids is 1. The molecule has 0 spiro atoms. The fraction of sp³-hybridized carbons (Fsp3) is 0.259. The number of para-hydroxylation sites is 1. The van der Waals surface area contributed by atoms with Gasteiger partial charge in [0, 0.05) is 21.3 Å². The van der Waals surface area contributed by atoms with Crippen molar-refractivity contribution in [2.75, 3.05) is 5.75 Å². The van der Waals surface area contributed by atoms with Crippen LogP contribution in [0.5, 0.6) is 0 Å². The van der Waals surface area contributed by atoms with Crippen molar-refractivity contribution in [1.82, 2.24) is 19.2 Å². The van der Waals surface area contributed by atoms with Crippen molar-refractivity contribution in [3.63, 3.8) is 0 Å². The zero-order chi connectivity index (χ0) is 25.7. The summed E-state index contributed by atoms with van der Waals surface area (Å²) in [4.78, 5) is 28.8. The lowest BCUT2D eigenvalue weighted by Gasteiger charge is -2.26. The van der Waals surface area contributed by atoms with Crippen molar-refractivity contribution in [2.24, 2.45) is 5.92 Å². The first-order valence-electron chi connectivity index (χ1n) is 12.0. The van der Waals surface area contributed by atoms with Crippen molar-refractivity contribution < 1.29 is 9.53 Å². The summed E-state index contributed by atoms with van der Waals surface area (Å²) in [5, 5.41) is 10.1. The molecule has 5 aromatic rings. The van der Waals surface area contributed by atoms with E-state index in [2.05, 4.69) is 40.0 Å². The molecule has 0 saturated carbocycles. The third kappa shape index (κ3) is 4.35. The molecule has 2 aromatic carbocycles. The molecular formula is C27H23BrN4O3S2. The van der Waals surface area contributed by atoms with E-state index in [4.69, 9.17) is 4.74 Å². The zero-order valence-electron chi connectivity index (χ0n) is 20.2. The van der Waals surface area contributed by atoms with E-state index >= 15 is 0 Å². The van der Waals surface area contributed by atoms with E-state index in [1.54, 1.807) is 28.0 Å². The van der Waals surface area contributed by atoms with Crippen LogP contribution in [0.3, 0.4) is 0 Å². The minimum atomic E-state index is -0.106. The smallest absolute Gasteiger partial charge is 0.268 e. The Kier molecular flexibility index (Phi) is 6.52. The van der Waals surface area contributed by atoms with Gasteiger partial charge in [0.1, 0.15) is 4.83 Å². The van der Waals surface area contributed by atoms with E-state index in [0.717, 1.165) is 25.4 Å². The molecule has 1 aliphatic heterocycles. The molecule has 0 radical (unpaired) electrons. The molecular weight excluding hydrogens is 572 g/mol. The Balaban J connectivity index is 1.51. The van der Waals surface area contributed by atoms with Crippen LogP contribution in [0.15, 0.2) is 69.0 Å². The largest absolute Gasteiger partial charge is 0.372 e. The molecule has 6 rings (SSSR count). The van der Waals surface area contributed by atoms with E-state index in [-0.39, 0.29) is 23.2 Å². The molecule has 7 nitrogen and oxygen atoms in total. The van der Waals surface area contributed by atoms with Crippen molar-refractivity contribution in [3.05, 3.63) is 85.4 Å². The highest BCUT2D eigenvalue weighted by molar-refractivity contribution is 9.10. The quantitative estimate of drug-likeness (QED) is 0.179. The number of rotatable bonds is 6. The Labute approximate surface area is 229 Å². The van der Waals surface area contributed by atoms with Crippen LogP contribution < -0.4 is 5.56 Å². The van der Waals surface area contributed by atoms with Gasteiger partial charge in [-0.15, -0.1) is 21.5 Å². The lowest BCUT2D eigenvalue weighted by atomic mass is 9.96. The Morgan fingerprint density at radius 3 is 2.65 bits per heavy atom. The first kappa shape index (κ1) is 24.5. The number of ketones is 1. The maximum atomic E-state index is 14.0. The summed E-state index contributed by atoms with van der Waals surface area (Å²) < 4.78 is 10.6. The number of Topliss-reactive ketones (excluding diaryl/α,β-unsaturated/α-hetero) is 1. The molecule has 1 atom stereocenters. The Bertz CT molecular complexity index is 1690. The van der Waals surface area contributed by atoms with Gasteiger partial charge in [-0.3, -0.25) is 9.59 Å². The van der Waals surface area contributed by atoms with E-state index < -0.39 is 0 Å². The van der Waals surface area contributed by atoms with Gasteiger partial charge in [0.15, 0.2) is 10.9 Å². The minimum absolute atomic E-state index is 0.000485. The van der Waals surface area contributed by atoms with Gasteiger partial charge in [0.25, 0.3) is 5.56 Å². The number of hydrogen-bond acceptors (Lipinski definition) is 7. The highest BCUT2D eigenvalue weighted by Crippen LogP contribution is 2.37. The zero-order valence-corrected chi connectivity index (χ0v) is 23.4. The van der Waals surface area contributed by atoms with Gasteiger partial charge in [-0.25, -0.2) is 8.97 Å². The average molecular weight is 596 g/mol. The summed E-state index contributed by atoms with van der Waals surface area (Å²) in [6.07, 6.45) is 0.749. The van der Waals surface area contributed by atoms with Crippen molar-refractivity contribution in [1.29, 1.82) is 0 Å². The Hall–Kier alpha value is -2.79. The third-order valence-electron chi connectivity index (χ3n) is 6.60. The maximum Gasteiger partial charge on any atom is 0.268 e. The third-order valence-corrected chi connectivity index (χ3v) is 9.25. The molecule has 188 valence electrons. The lowest BCUT2D eigenvalue weighted by Crippen LogP contribution is -2.28. The van der Waals surface area contributed by atoms with Gasteiger partial charge >= 0.3 is 0 Å². The highest BCUT2D eigenvalue weighted by Gasteiger charge is 2.30. The monoisotopic (exact) mass is 594 g/mol. The first-order chi connectivity index (χ1) is 17.9. The van der Waals surface area contributed by atoms with Crippen LogP contribution in [-0.4, -0.2) is 36.8 Å². The molecule has 0 saturated heterocycles. The number of carbonyl (C=O) groups is 1. The number of thiophene rings is 1. The number of thioether (sulfide) groups is 1. The molecule has 3 aromatic heterocycles. The predicted octanol–water partition coefficient (Wildman–Crippen LogP) is 5.93. The predicted molar refractivity (Wildman–Crippen MR) is 150 cm³/mol. The van der Waals surface area contributed by atoms with Crippen LogP contribution >= 0.6 is 39.0 Å². The number of halogens is 1. The lowest BCUT2D eigenvalue weighted by molar-refractivity contribution is 0.00200. The topological polar surface area (TPSA) is 78.5 Å². The second-order valence-corrected chi connectivity index (χ2v) is 12.2. The van der Waals surface area contributed by atoms with Crippen LogP contribution in [-0.2, 0) is 17.8 Å². The highest BCUT2D eigenvalue weighted by atomic mass is 79.9. The normalized spacial score (nSPS) is 15.5. The van der Waals surface area contributed by atoms with Crippen molar-refractivity contribution in [2.45, 2.75) is 38.1 Å². The Morgan fingerprint density at radius 2 is 1.92 bits per heavy atom. The van der Waals surface area contributed by atoms with Gasteiger partial charge in [-0.2, -0.15) is 0 Å². The summed E-state index contributed by atoms with van der Waals surface area (Å²) >= 11 is 6.29. The van der Waals surface area contributed by atoms with E-state index in [9.17, 15) is 9.59 Å². The van der Waals surface area contributed by atoms with Crippen LogP contribution in [0.1, 0.15) is 34.6 Å². The second kappa shape index (κ2) is 9.83. The Morgan fingerprint density at radius 1 is 1.16 bits per heavy atom. The van der Waals surface area contributed by atoms with Crippen LogP contribution in [0.2, 0.25) is 0 Å². The van der Waals surface area contributed by atoms with Crippen molar-refractivity contribution >= 4 is 60.8 Å². The van der Waals surface area contributed by atoms with E-state index in [1.165, 1.54) is 11.8 Å². The molecule has 0 N–H and O–H groups in total. The first-order valence-corrected chi connectivity index (χ1v) is 14.5. The number of ether oxygens (including phenoxy) is 1. The average Bonchev–Trinajstić information content (AvgIpc) is 3.49. The van der Waals surface area contributed by atoms with E-state index in [0.29, 0.717) is 40.8 Å². The van der Waals surface area contributed by atoms with Gasteiger partial charge in [-0.05, 0) is 35.7 Å². The van der Waals surface area contributed by atoms with E-state index in [1.807, 2.05) is 46.9 Å². The summed E-state index contributed by atoms with van der Waals surface area (Å²) in [6, 6.07) is 16.8. The summed E-state index contributed by atoms with van der Waals surface area (Å²) in [5.74, 6) is 0.981. The molecule has 0 fully saturated rings. The van der Waals surface area contributed by atoms with Gasteiger partial charge < -0.3 is 4.74 Å². The fourth-order valence-electron chi connectivity index (χ4n) is 4.62. The maximum absolute atomic E-state index is 14.0. The molecule has 0 amide bonds. The van der Waals surface area contributed by atoms with Gasteiger partial charge in [0.05, 0.1) is 29.5 Å². The molecule has 10 heteroatoms. The SMILES string of the molecule is CC(C)[C@@H]1Cc2c(sc3c2c(=O)n(-c2ccccc2)c2nnc(SCC(=O)c4ccc(Br)cc4)n32)CO1. The molecule has 4 heterocycles. The summed E-state index contributed by atoms with van der Waals surface area (Å²) in [5.41, 5.74) is 2.31. The van der Waals surface area contributed by atoms with Crippen molar-refractivity contribution in [3.8, 4) is 5.69 Å². The number of benzene rings is 2. The number of fused-ring (bicyclic) bond motifs is 5. The molecule has 0 unspecified atom stereocenters. The second-order valence-electron chi connectivity index (χ2n) is 9.29. The molecule has 0 aliphatic carbocycles. The number of nitrogens with zero attached hydrogens (tertiary/aromatic N) is 4. The fourth-order valence-corrected chi connectivity index (χ4v) is 7.01. The molecule has 0 bridgehead atoms. The summed E-state index contributed by atoms with van der Waals surface area (Å²) in [6.45, 7) is 4.76. The molecule has 1 aliphatic rings. The molecule has 37 heavy (non-hydrogen) atoms. The van der Waals surface area contributed by atoms with Gasteiger partial charge in [-0.1, -0.05) is 71.9 Å². The van der Waals surface area contributed by atoms with Crippen LogP contribution in [0, 0.1) is 5.92 Å². The van der Waals surface area contributed by atoms with Crippen LogP contribution in [0.25, 0.3) is 21.7 Å².